The molecule has 1 aliphatic heterocycles. The number of piperidine rings is 1. The SMILES string of the molecule is CCCC(C)CCCC(C)CCCCC(C)CCCC(C)CCCNC(=O)N1CCC(OC)CC1. The van der Waals surface area contributed by atoms with Gasteiger partial charge in [-0.15, -0.1) is 0 Å². The third-order valence-corrected chi connectivity index (χ3v) is 8.43. The molecule has 4 nitrogen and oxygen atoms in total. The van der Waals surface area contributed by atoms with Crippen LogP contribution in [0.25, 0.3) is 0 Å². The summed E-state index contributed by atoms with van der Waals surface area (Å²) in [6.45, 7) is 14.5. The molecule has 4 unspecified atom stereocenters. The van der Waals surface area contributed by atoms with E-state index in [0.717, 1.165) is 62.6 Å². The molecule has 1 aliphatic rings. The van der Waals surface area contributed by atoms with Crippen molar-refractivity contribution in [3.63, 3.8) is 0 Å². The number of carbonyl (C=O) groups excluding carboxylic acids is 1. The van der Waals surface area contributed by atoms with Crippen LogP contribution in [0.1, 0.15) is 137 Å². The standard InChI is InChI=1S/C31H62N2O2/c1-7-13-26(2)16-10-17-27(3)14-8-9-15-28(4)18-11-19-29(5)20-12-23-32-31(34)33-24-21-30(35-6)22-25-33/h26-30H,7-25H2,1-6H3,(H,32,34). The number of unbranched alkanes of at least 4 members (excludes halogenated alkanes) is 1. The maximum absolute atomic E-state index is 12.3. The molecule has 0 aromatic rings. The van der Waals surface area contributed by atoms with Crippen molar-refractivity contribution in [3.05, 3.63) is 0 Å². The molecule has 0 saturated carbocycles. The molecule has 208 valence electrons. The van der Waals surface area contributed by atoms with Crippen molar-refractivity contribution < 1.29 is 9.53 Å². The van der Waals surface area contributed by atoms with Crippen LogP contribution in [0.4, 0.5) is 4.79 Å². The van der Waals surface area contributed by atoms with Crippen LogP contribution in [0.5, 0.6) is 0 Å². The first kappa shape index (κ1) is 32.3. The Morgan fingerprint density at radius 1 is 0.743 bits per heavy atom. The summed E-state index contributed by atoms with van der Waals surface area (Å²) in [6.07, 6.45) is 21.3. The minimum atomic E-state index is 0.108. The van der Waals surface area contributed by atoms with E-state index in [4.69, 9.17) is 4.74 Å². The second-order valence-corrected chi connectivity index (χ2v) is 12.2. The zero-order valence-corrected chi connectivity index (χ0v) is 24.6. The fraction of sp³-hybridized carbons (Fsp3) is 0.968. The Balaban J connectivity index is 1.95. The third kappa shape index (κ3) is 16.6. The van der Waals surface area contributed by atoms with Crippen LogP contribution in [0.15, 0.2) is 0 Å². The molecule has 1 rings (SSSR count). The van der Waals surface area contributed by atoms with E-state index in [1.165, 1.54) is 83.5 Å². The second kappa shape index (κ2) is 20.3. The van der Waals surface area contributed by atoms with Crippen LogP contribution < -0.4 is 5.32 Å². The first-order valence-electron chi connectivity index (χ1n) is 15.4. The van der Waals surface area contributed by atoms with Gasteiger partial charge in [-0.3, -0.25) is 0 Å². The molecule has 2 amide bonds. The highest BCUT2D eigenvalue weighted by atomic mass is 16.5. The van der Waals surface area contributed by atoms with E-state index in [0.29, 0.717) is 6.10 Å². The van der Waals surface area contributed by atoms with Crippen molar-refractivity contribution in [2.24, 2.45) is 23.7 Å². The molecular weight excluding hydrogens is 432 g/mol. The number of ether oxygens (including phenoxy) is 1. The van der Waals surface area contributed by atoms with Crippen molar-refractivity contribution in [3.8, 4) is 0 Å². The van der Waals surface area contributed by atoms with Gasteiger partial charge in [0.25, 0.3) is 0 Å². The number of nitrogens with zero attached hydrogens (tertiary/aromatic N) is 1. The Kier molecular flexibility index (Phi) is 18.7. The Morgan fingerprint density at radius 2 is 1.17 bits per heavy atom. The lowest BCUT2D eigenvalue weighted by atomic mass is 9.91. The summed E-state index contributed by atoms with van der Waals surface area (Å²) in [5.41, 5.74) is 0. The molecule has 0 spiro atoms. The van der Waals surface area contributed by atoms with Gasteiger partial charge in [0.1, 0.15) is 0 Å². The summed E-state index contributed by atoms with van der Waals surface area (Å²) in [6, 6.07) is 0.108. The van der Waals surface area contributed by atoms with E-state index in [2.05, 4.69) is 39.9 Å². The molecule has 0 aromatic heterocycles. The minimum absolute atomic E-state index is 0.108. The summed E-state index contributed by atoms with van der Waals surface area (Å²) in [4.78, 5) is 14.2. The van der Waals surface area contributed by atoms with Crippen molar-refractivity contribution in [2.45, 2.75) is 143 Å². The van der Waals surface area contributed by atoms with Gasteiger partial charge in [0.05, 0.1) is 6.10 Å². The van der Waals surface area contributed by atoms with Crippen LogP contribution >= 0.6 is 0 Å². The largest absolute Gasteiger partial charge is 0.381 e. The number of urea groups is 1. The van der Waals surface area contributed by atoms with E-state index < -0.39 is 0 Å². The summed E-state index contributed by atoms with van der Waals surface area (Å²) >= 11 is 0. The molecule has 1 fully saturated rings. The minimum Gasteiger partial charge on any atom is -0.381 e. The lowest BCUT2D eigenvalue weighted by Gasteiger charge is -2.31. The Morgan fingerprint density at radius 3 is 1.63 bits per heavy atom. The normalized spacial score (nSPS) is 18.3. The highest BCUT2D eigenvalue weighted by Crippen LogP contribution is 2.23. The van der Waals surface area contributed by atoms with Crippen LogP contribution in [0, 0.1) is 23.7 Å². The molecule has 1 heterocycles. The topological polar surface area (TPSA) is 41.6 Å². The Bertz CT molecular complexity index is 504. The number of likely N-dealkylation sites (tertiary alicyclic amines) is 1. The van der Waals surface area contributed by atoms with E-state index >= 15 is 0 Å². The fourth-order valence-corrected chi connectivity index (χ4v) is 5.74. The summed E-state index contributed by atoms with van der Waals surface area (Å²) in [7, 11) is 1.77. The Labute approximate surface area is 219 Å². The molecule has 1 N–H and O–H groups in total. The number of hydrogen-bond donors (Lipinski definition) is 1. The number of amides is 2. The molecule has 0 aliphatic carbocycles. The number of hydrogen-bond acceptors (Lipinski definition) is 2. The van der Waals surface area contributed by atoms with E-state index in [1.807, 2.05) is 4.90 Å². The zero-order valence-electron chi connectivity index (χ0n) is 24.6. The highest BCUT2D eigenvalue weighted by molar-refractivity contribution is 5.74. The maximum atomic E-state index is 12.3. The van der Waals surface area contributed by atoms with Crippen molar-refractivity contribution in [2.75, 3.05) is 26.7 Å². The van der Waals surface area contributed by atoms with Crippen molar-refractivity contribution in [1.29, 1.82) is 0 Å². The van der Waals surface area contributed by atoms with Crippen LogP contribution in [0.2, 0.25) is 0 Å². The van der Waals surface area contributed by atoms with Gasteiger partial charge in [-0.05, 0) is 49.4 Å². The van der Waals surface area contributed by atoms with Crippen LogP contribution in [0.3, 0.4) is 0 Å². The fourth-order valence-electron chi connectivity index (χ4n) is 5.74. The van der Waals surface area contributed by atoms with E-state index in [9.17, 15) is 4.79 Å². The first-order valence-corrected chi connectivity index (χ1v) is 15.4. The van der Waals surface area contributed by atoms with Crippen molar-refractivity contribution >= 4 is 6.03 Å². The smallest absolute Gasteiger partial charge is 0.317 e. The van der Waals surface area contributed by atoms with E-state index in [-0.39, 0.29) is 6.03 Å². The van der Waals surface area contributed by atoms with Gasteiger partial charge in [0.15, 0.2) is 0 Å². The molecule has 35 heavy (non-hydrogen) atoms. The first-order chi connectivity index (χ1) is 16.8. The number of nitrogens with one attached hydrogen (secondary N) is 1. The van der Waals surface area contributed by atoms with Crippen LogP contribution in [-0.4, -0.2) is 43.8 Å². The van der Waals surface area contributed by atoms with Gasteiger partial charge in [-0.1, -0.05) is 112 Å². The second-order valence-electron chi connectivity index (χ2n) is 12.2. The summed E-state index contributed by atoms with van der Waals surface area (Å²) < 4.78 is 5.39. The quantitative estimate of drug-likeness (QED) is 0.172. The average molecular weight is 495 g/mol. The van der Waals surface area contributed by atoms with Gasteiger partial charge in [-0.25, -0.2) is 4.79 Å². The van der Waals surface area contributed by atoms with E-state index in [1.54, 1.807) is 7.11 Å². The maximum Gasteiger partial charge on any atom is 0.317 e. The Hall–Kier alpha value is -0.770. The monoisotopic (exact) mass is 494 g/mol. The van der Waals surface area contributed by atoms with Gasteiger partial charge < -0.3 is 15.0 Å². The molecular formula is C31H62N2O2. The van der Waals surface area contributed by atoms with Gasteiger partial charge in [0.2, 0.25) is 0 Å². The lowest BCUT2D eigenvalue weighted by Crippen LogP contribution is -2.46. The third-order valence-electron chi connectivity index (χ3n) is 8.43. The predicted octanol–water partition coefficient (Wildman–Crippen LogP) is 8.83. The average Bonchev–Trinajstić information content (AvgIpc) is 2.84. The summed E-state index contributed by atoms with van der Waals surface area (Å²) in [5, 5.41) is 3.12. The zero-order chi connectivity index (χ0) is 25.9. The molecule has 4 heteroatoms. The molecule has 0 bridgehead atoms. The molecule has 0 aromatic carbocycles. The summed E-state index contributed by atoms with van der Waals surface area (Å²) in [5.74, 6) is 3.46. The molecule has 4 atom stereocenters. The lowest BCUT2D eigenvalue weighted by molar-refractivity contribution is 0.0503. The van der Waals surface area contributed by atoms with Gasteiger partial charge in [0, 0.05) is 26.7 Å². The van der Waals surface area contributed by atoms with Crippen molar-refractivity contribution in [1.82, 2.24) is 10.2 Å². The van der Waals surface area contributed by atoms with Gasteiger partial charge in [-0.2, -0.15) is 0 Å². The number of rotatable bonds is 20. The number of methoxy groups -OCH3 is 1. The highest BCUT2D eigenvalue weighted by Gasteiger charge is 2.22. The predicted molar refractivity (Wildman–Crippen MR) is 152 cm³/mol. The number of carbonyl (C=O) groups is 1. The van der Waals surface area contributed by atoms with Gasteiger partial charge >= 0.3 is 6.03 Å². The van der Waals surface area contributed by atoms with Crippen LogP contribution in [-0.2, 0) is 4.74 Å². The molecule has 1 saturated heterocycles. The molecule has 0 radical (unpaired) electrons.